The van der Waals surface area contributed by atoms with E-state index >= 15 is 0 Å². The average molecular weight is 325 g/mol. The van der Waals surface area contributed by atoms with Gasteiger partial charge >= 0.3 is 0 Å². The van der Waals surface area contributed by atoms with Crippen LogP contribution in [0.25, 0.3) is 0 Å². The number of aromatic amines is 1. The normalized spacial score (nSPS) is 25.4. The molecule has 0 bridgehead atoms. The molecule has 1 aromatic heterocycles. The van der Waals surface area contributed by atoms with Crippen molar-refractivity contribution in [3.8, 4) is 0 Å². The highest BCUT2D eigenvalue weighted by molar-refractivity contribution is 7.73. The summed E-state index contributed by atoms with van der Waals surface area (Å²) in [6, 6.07) is 0.297. The summed E-state index contributed by atoms with van der Waals surface area (Å²) >= 11 is 6.56. The van der Waals surface area contributed by atoms with E-state index in [-0.39, 0.29) is 30.4 Å². The van der Waals surface area contributed by atoms with Crippen LogP contribution in [0.1, 0.15) is 36.3 Å². The van der Waals surface area contributed by atoms with Crippen LogP contribution >= 0.6 is 23.6 Å². The molecular weight excluding hydrogens is 306 g/mol. The lowest BCUT2D eigenvalue weighted by Gasteiger charge is -2.44. The third-order valence-electron chi connectivity index (χ3n) is 4.35. The van der Waals surface area contributed by atoms with Crippen molar-refractivity contribution in [1.82, 2.24) is 15.2 Å². The number of H-pyrrole nitrogens is 1. The van der Waals surface area contributed by atoms with E-state index in [2.05, 4.69) is 10.3 Å². The summed E-state index contributed by atoms with van der Waals surface area (Å²) in [5.74, 6) is 0.0000207. The van der Waals surface area contributed by atoms with Crippen molar-refractivity contribution in [3.63, 3.8) is 0 Å². The van der Waals surface area contributed by atoms with Gasteiger partial charge in [-0.05, 0) is 32.0 Å². The smallest absolute Gasteiger partial charge is 0.239 e. The molecule has 0 spiro atoms. The first-order valence-electron chi connectivity index (χ1n) is 7.32. The van der Waals surface area contributed by atoms with E-state index in [0.717, 1.165) is 36.3 Å². The number of piperazine rings is 1. The maximum absolute atomic E-state index is 12.6. The van der Waals surface area contributed by atoms with Gasteiger partial charge in [-0.2, -0.15) is 0 Å². The highest BCUT2D eigenvalue weighted by Gasteiger charge is 2.38. The Morgan fingerprint density at radius 2 is 2.19 bits per heavy atom. The number of aromatic nitrogens is 1. The topological polar surface area (TPSA) is 65.2 Å². The van der Waals surface area contributed by atoms with Crippen molar-refractivity contribution in [2.45, 2.75) is 51.1 Å². The molecule has 0 radical (unpaired) electrons. The molecule has 0 aromatic carbocycles. The lowest BCUT2D eigenvalue weighted by molar-refractivity contribution is -0.143. The molecule has 21 heavy (non-hydrogen) atoms. The van der Waals surface area contributed by atoms with Crippen molar-refractivity contribution < 1.29 is 9.59 Å². The third-order valence-corrected chi connectivity index (χ3v) is 5.68. The van der Waals surface area contributed by atoms with Crippen LogP contribution in [0.3, 0.4) is 0 Å². The molecule has 2 heterocycles. The molecule has 1 aliphatic carbocycles. The molecule has 1 saturated carbocycles. The molecule has 3 rings (SSSR count). The fourth-order valence-electron chi connectivity index (χ4n) is 3.29. The summed E-state index contributed by atoms with van der Waals surface area (Å²) in [5.41, 5.74) is 0.958. The number of fused-ring (bicyclic) bond motifs is 1. The molecule has 2 amide bonds. The van der Waals surface area contributed by atoms with E-state index in [4.69, 9.17) is 12.2 Å². The molecule has 5 nitrogen and oxygen atoms in total. The number of rotatable bonds is 2. The molecule has 7 heteroatoms. The van der Waals surface area contributed by atoms with Gasteiger partial charge in [0.25, 0.3) is 0 Å². The fourth-order valence-corrected chi connectivity index (χ4v) is 4.58. The molecule has 2 atom stereocenters. The molecule has 114 valence electrons. The molecular formula is C14H19N3O2S2. The number of aryl methyl sites for hydroxylation is 1. The Hall–Kier alpha value is -1.21. The van der Waals surface area contributed by atoms with Crippen LogP contribution in [-0.4, -0.2) is 40.3 Å². The second kappa shape index (κ2) is 5.88. The number of hydrogen-bond acceptors (Lipinski definition) is 4. The van der Waals surface area contributed by atoms with Crippen LogP contribution in [-0.2, 0) is 16.0 Å². The Bertz CT molecular complexity index is 622. The average Bonchev–Trinajstić information content (AvgIpc) is 2.75. The molecule has 1 saturated heterocycles. The minimum absolute atomic E-state index is 0.0371. The third kappa shape index (κ3) is 3.03. The van der Waals surface area contributed by atoms with Crippen LogP contribution in [0, 0.1) is 10.9 Å². The molecule has 1 aromatic rings. The molecule has 2 unspecified atom stereocenters. The number of hydrogen-bond donors (Lipinski definition) is 2. The minimum atomic E-state index is -0.0371. The summed E-state index contributed by atoms with van der Waals surface area (Å²) in [4.78, 5) is 30.3. The maximum atomic E-state index is 12.6. The molecule has 2 aliphatic rings. The van der Waals surface area contributed by atoms with Gasteiger partial charge in [-0.1, -0.05) is 12.8 Å². The fraction of sp³-hybridized carbons (Fsp3) is 0.643. The van der Waals surface area contributed by atoms with E-state index in [9.17, 15) is 9.59 Å². The van der Waals surface area contributed by atoms with Crippen LogP contribution in [0.2, 0.25) is 0 Å². The van der Waals surface area contributed by atoms with Crippen LogP contribution in [0.5, 0.6) is 0 Å². The van der Waals surface area contributed by atoms with E-state index < -0.39 is 0 Å². The second-order valence-electron chi connectivity index (χ2n) is 5.79. The Balaban J connectivity index is 1.77. The van der Waals surface area contributed by atoms with E-state index in [1.165, 1.54) is 11.3 Å². The van der Waals surface area contributed by atoms with Gasteiger partial charge in [0.2, 0.25) is 11.8 Å². The number of carbonyl (C=O) groups excluding carboxylic acids is 2. The summed E-state index contributed by atoms with van der Waals surface area (Å²) in [7, 11) is 0. The van der Waals surface area contributed by atoms with Gasteiger partial charge in [0, 0.05) is 16.6 Å². The SMILES string of the molecule is Cc1[nH]c(=S)sc1CC(=O)N1CC(=O)NC2CCCCC21. The summed E-state index contributed by atoms with van der Waals surface area (Å²) < 4.78 is 0.697. The monoisotopic (exact) mass is 325 g/mol. The summed E-state index contributed by atoms with van der Waals surface area (Å²) in [5, 5.41) is 3.03. The van der Waals surface area contributed by atoms with Crippen molar-refractivity contribution in [1.29, 1.82) is 0 Å². The maximum Gasteiger partial charge on any atom is 0.239 e. The van der Waals surface area contributed by atoms with Gasteiger partial charge in [-0.25, -0.2) is 0 Å². The Labute approximate surface area is 132 Å². The van der Waals surface area contributed by atoms with E-state index in [1.54, 1.807) is 4.90 Å². The molecule has 2 N–H and O–H groups in total. The number of amides is 2. The van der Waals surface area contributed by atoms with Gasteiger partial charge in [-0.3, -0.25) is 9.59 Å². The van der Waals surface area contributed by atoms with Crippen molar-refractivity contribution in [2.75, 3.05) is 6.54 Å². The zero-order valence-corrected chi connectivity index (χ0v) is 13.6. The van der Waals surface area contributed by atoms with Gasteiger partial charge in [-0.15, -0.1) is 11.3 Å². The number of nitrogens with one attached hydrogen (secondary N) is 2. The first-order valence-corrected chi connectivity index (χ1v) is 8.54. The second-order valence-corrected chi connectivity index (χ2v) is 7.56. The molecule has 2 fully saturated rings. The highest BCUT2D eigenvalue weighted by atomic mass is 32.1. The Morgan fingerprint density at radius 3 is 2.90 bits per heavy atom. The Morgan fingerprint density at radius 1 is 1.43 bits per heavy atom. The summed E-state index contributed by atoms with van der Waals surface area (Å²) in [6.45, 7) is 2.12. The minimum Gasteiger partial charge on any atom is -0.350 e. The predicted octanol–water partition coefficient (Wildman–Crippen LogP) is 1.93. The zero-order valence-electron chi connectivity index (χ0n) is 12.0. The number of carbonyl (C=O) groups is 2. The first kappa shape index (κ1) is 14.7. The molecule has 1 aliphatic heterocycles. The van der Waals surface area contributed by atoms with E-state index in [1.807, 2.05) is 6.92 Å². The zero-order chi connectivity index (χ0) is 15.0. The van der Waals surface area contributed by atoms with Gasteiger partial charge in [0.05, 0.1) is 19.0 Å². The first-order chi connectivity index (χ1) is 10.0. The summed E-state index contributed by atoms with van der Waals surface area (Å²) in [6.07, 6.45) is 4.55. The van der Waals surface area contributed by atoms with Gasteiger partial charge in [0.15, 0.2) is 3.95 Å². The number of nitrogens with zero attached hydrogens (tertiary/aromatic N) is 1. The largest absolute Gasteiger partial charge is 0.350 e. The van der Waals surface area contributed by atoms with Crippen molar-refractivity contribution >= 4 is 35.4 Å². The predicted molar refractivity (Wildman–Crippen MR) is 83.8 cm³/mol. The standard InChI is InChI=1S/C14H19N3O2S2/c1-8-11(21-14(20)15-8)6-13(19)17-7-12(18)16-9-4-2-3-5-10(9)17/h9-10H,2-7H2,1H3,(H,15,20)(H,16,18). The van der Waals surface area contributed by atoms with Gasteiger partial charge in [0.1, 0.15) is 0 Å². The van der Waals surface area contributed by atoms with Crippen molar-refractivity contribution in [2.24, 2.45) is 0 Å². The Kier molecular flexibility index (Phi) is 4.12. The lowest BCUT2D eigenvalue weighted by Crippen LogP contribution is -2.63. The van der Waals surface area contributed by atoms with Crippen LogP contribution in [0.15, 0.2) is 0 Å². The lowest BCUT2D eigenvalue weighted by atomic mass is 9.87. The quantitative estimate of drug-likeness (QED) is 0.817. The van der Waals surface area contributed by atoms with Crippen LogP contribution < -0.4 is 5.32 Å². The van der Waals surface area contributed by atoms with Crippen molar-refractivity contribution in [3.05, 3.63) is 14.5 Å². The van der Waals surface area contributed by atoms with E-state index in [0.29, 0.717) is 10.4 Å². The number of thiazole rings is 1. The van der Waals surface area contributed by atoms with Crippen LogP contribution in [0.4, 0.5) is 0 Å². The van der Waals surface area contributed by atoms with Gasteiger partial charge < -0.3 is 15.2 Å². The highest BCUT2D eigenvalue weighted by Crippen LogP contribution is 2.27.